The van der Waals surface area contributed by atoms with Gasteiger partial charge < -0.3 is 5.11 Å². The zero-order valence-electron chi connectivity index (χ0n) is 21.7. The molecule has 0 unspecified atom stereocenters. The van der Waals surface area contributed by atoms with Crippen LogP contribution < -0.4 is 10.3 Å². The highest BCUT2D eigenvalue weighted by atomic mass is 79.9. The van der Waals surface area contributed by atoms with E-state index < -0.39 is 21.6 Å². The molecule has 1 aromatic heterocycles. The van der Waals surface area contributed by atoms with E-state index in [0.717, 1.165) is 0 Å². The van der Waals surface area contributed by atoms with Crippen LogP contribution in [0.2, 0.25) is 0 Å². The molecule has 10 heteroatoms. The molecule has 8 nitrogen and oxygen atoms in total. The summed E-state index contributed by atoms with van der Waals surface area (Å²) in [5.41, 5.74) is 1.76. The Hall–Kier alpha value is -4.54. The van der Waals surface area contributed by atoms with Gasteiger partial charge in [0, 0.05) is 26.7 Å². The lowest BCUT2D eigenvalue weighted by Crippen LogP contribution is -2.28. The molecule has 2 N–H and O–H groups in total. The molecule has 0 amide bonds. The summed E-state index contributed by atoms with van der Waals surface area (Å²) in [7, 11) is -3.91. The zero-order valence-corrected chi connectivity index (χ0v) is 24.1. The Bertz CT molecular complexity index is 1970. The number of fused-ring (bicyclic) bond motifs is 1. The zero-order chi connectivity index (χ0) is 29.3. The van der Waals surface area contributed by atoms with Crippen LogP contribution in [0, 0.1) is 0 Å². The summed E-state index contributed by atoms with van der Waals surface area (Å²) in [5.74, 6) is -1.42. The van der Waals surface area contributed by atoms with Gasteiger partial charge in [0.05, 0.1) is 11.4 Å². The number of rotatable bonds is 8. The van der Waals surface area contributed by atoms with Gasteiger partial charge in [-0.25, -0.2) is 13.2 Å². The molecule has 5 aromatic rings. The lowest BCUT2D eigenvalue weighted by Gasteiger charge is -2.18. The summed E-state index contributed by atoms with van der Waals surface area (Å²) in [6.07, 6.45) is 0. The van der Waals surface area contributed by atoms with Gasteiger partial charge in [0.2, 0.25) is 0 Å². The predicted octanol–water partition coefficient (Wildman–Crippen LogP) is 6.18. The number of hydrogen-bond acceptors (Lipinski definition) is 5. The number of carboxylic acids is 1. The predicted molar refractivity (Wildman–Crippen MR) is 161 cm³/mol. The Kier molecular flexibility index (Phi) is 7.61. The lowest BCUT2D eigenvalue weighted by molar-refractivity contribution is 0.0685. The summed E-state index contributed by atoms with van der Waals surface area (Å²) < 4.78 is 30.1. The molecule has 0 saturated carbocycles. The third kappa shape index (κ3) is 5.70. The first-order chi connectivity index (χ1) is 19.5. The SMILES string of the molecule is CC(=O)c1ccc(S(=O)(=O)Nc2ccc(Cn3c(C(=O)O)c(-c4ccccc4)c4cc(Br)ccc4c3=O)cc2)cc1. The summed E-state index contributed by atoms with van der Waals surface area (Å²) in [5, 5.41) is 11.2. The van der Waals surface area contributed by atoms with E-state index in [0.29, 0.717) is 37.5 Å². The second kappa shape index (κ2) is 11.1. The smallest absolute Gasteiger partial charge is 0.353 e. The van der Waals surface area contributed by atoms with E-state index in [2.05, 4.69) is 20.7 Å². The number of halogens is 1. The normalized spacial score (nSPS) is 11.4. The van der Waals surface area contributed by atoms with Gasteiger partial charge >= 0.3 is 5.97 Å². The topological polar surface area (TPSA) is 123 Å². The number of nitrogens with zero attached hydrogens (tertiary/aromatic N) is 1. The number of anilines is 1. The van der Waals surface area contributed by atoms with Crippen molar-refractivity contribution in [1.82, 2.24) is 4.57 Å². The minimum atomic E-state index is -3.91. The molecule has 206 valence electrons. The molecule has 0 saturated heterocycles. The Morgan fingerprint density at radius 1 is 0.878 bits per heavy atom. The quantitative estimate of drug-likeness (QED) is 0.197. The Balaban J connectivity index is 1.52. The minimum Gasteiger partial charge on any atom is -0.477 e. The number of carbonyl (C=O) groups excluding carboxylic acids is 1. The van der Waals surface area contributed by atoms with Crippen LogP contribution in [0.15, 0.2) is 111 Å². The number of nitrogens with one attached hydrogen (secondary N) is 1. The fourth-order valence-corrected chi connectivity index (χ4v) is 6.05. The highest BCUT2D eigenvalue weighted by Gasteiger charge is 2.23. The maximum Gasteiger partial charge on any atom is 0.353 e. The van der Waals surface area contributed by atoms with Crippen LogP contribution in [-0.4, -0.2) is 29.8 Å². The van der Waals surface area contributed by atoms with E-state index in [1.165, 1.54) is 35.8 Å². The van der Waals surface area contributed by atoms with Crippen LogP contribution in [0.25, 0.3) is 21.9 Å². The number of aromatic nitrogens is 1. The molecule has 0 atom stereocenters. The average Bonchev–Trinajstić information content (AvgIpc) is 2.95. The van der Waals surface area contributed by atoms with Gasteiger partial charge in [-0.3, -0.25) is 18.9 Å². The highest BCUT2D eigenvalue weighted by Crippen LogP contribution is 2.33. The van der Waals surface area contributed by atoms with Crippen LogP contribution in [-0.2, 0) is 16.6 Å². The van der Waals surface area contributed by atoms with Crippen molar-refractivity contribution < 1.29 is 23.1 Å². The molecule has 0 aliphatic heterocycles. The molecular formula is C31H23BrN2O6S. The summed E-state index contributed by atoms with van der Waals surface area (Å²) in [4.78, 5) is 37.7. The van der Waals surface area contributed by atoms with Crippen LogP contribution in [0.5, 0.6) is 0 Å². The largest absolute Gasteiger partial charge is 0.477 e. The molecule has 0 aliphatic rings. The summed E-state index contributed by atoms with van der Waals surface area (Å²) in [6, 6.07) is 26.1. The van der Waals surface area contributed by atoms with E-state index >= 15 is 0 Å². The van der Waals surface area contributed by atoms with E-state index in [9.17, 15) is 27.9 Å². The Morgan fingerprint density at radius 2 is 1.54 bits per heavy atom. The molecule has 0 bridgehead atoms. The molecule has 5 rings (SSSR count). The fourth-order valence-electron chi connectivity index (χ4n) is 4.63. The number of carboxylic acid groups (broad SMARTS) is 1. The van der Waals surface area contributed by atoms with Gasteiger partial charge in [0.25, 0.3) is 15.6 Å². The molecule has 0 aliphatic carbocycles. The maximum atomic E-state index is 13.6. The number of Topliss-reactive ketones (excluding diaryl/α,β-unsaturated/α-hetero) is 1. The molecule has 1 heterocycles. The number of sulfonamides is 1. The van der Waals surface area contributed by atoms with Crippen molar-refractivity contribution >= 4 is 54.2 Å². The first kappa shape index (κ1) is 28.0. The molecular weight excluding hydrogens is 608 g/mol. The third-order valence-corrected chi connectivity index (χ3v) is 8.51. The van der Waals surface area contributed by atoms with E-state index in [1.807, 2.05) is 6.07 Å². The summed E-state index contributed by atoms with van der Waals surface area (Å²) in [6.45, 7) is 1.35. The number of carbonyl (C=O) groups is 2. The van der Waals surface area contributed by atoms with Crippen LogP contribution >= 0.6 is 15.9 Å². The van der Waals surface area contributed by atoms with Gasteiger partial charge in [-0.15, -0.1) is 0 Å². The second-order valence-electron chi connectivity index (χ2n) is 9.36. The minimum absolute atomic E-state index is 0.000436. The average molecular weight is 632 g/mol. The molecule has 0 fully saturated rings. The van der Waals surface area contributed by atoms with E-state index in [4.69, 9.17) is 0 Å². The van der Waals surface area contributed by atoms with Crippen molar-refractivity contribution in [2.45, 2.75) is 18.4 Å². The first-order valence-electron chi connectivity index (χ1n) is 12.4. The number of ketones is 1. The lowest BCUT2D eigenvalue weighted by atomic mass is 9.96. The van der Waals surface area contributed by atoms with Crippen LogP contribution in [0.1, 0.15) is 33.3 Å². The molecule has 0 radical (unpaired) electrons. The van der Waals surface area contributed by atoms with Gasteiger partial charge in [0.1, 0.15) is 5.69 Å². The maximum absolute atomic E-state index is 13.6. The molecule has 0 spiro atoms. The molecule has 41 heavy (non-hydrogen) atoms. The second-order valence-corrected chi connectivity index (χ2v) is 12.0. The van der Waals surface area contributed by atoms with Crippen molar-refractivity contribution in [1.29, 1.82) is 0 Å². The molecule has 4 aromatic carbocycles. The van der Waals surface area contributed by atoms with E-state index in [-0.39, 0.29) is 28.6 Å². The van der Waals surface area contributed by atoms with Gasteiger partial charge in [0.15, 0.2) is 5.78 Å². The van der Waals surface area contributed by atoms with Crippen molar-refractivity contribution in [3.63, 3.8) is 0 Å². The number of aromatic carboxylic acids is 1. The monoisotopic (exact) mass is 630 g/mol. The van der Waals surface area contributed by atoms with Gasteiger partial charge in [-0.05, 0) is 65.9 Å². The van der Waals surface area contributed by atoms with Crippen molar-refractivity contribution in [3.05, 3.63) is 129 Å². The van der Waals surface area contributed by atoms with Crippen molar-refractivity contribution in [2.75, 3.05) is 4.72 Å². The van der Waals surface area contributed by atoms with Gasteiger partial charge in [-0.1, -0.05) is 70.5 Å². The summed E-state index contributed by atoms with van der Waals surface area (Å²) >= 11 is 3.43. The van der Waals surface area contributed by atoms with E-state index in [1.54, 1.807) is 66.7 Å². The third-order valence-electron chi connectivity index (χ3n) is 6.62. The van der Waals surface area contributed by atoms with Gasteiger partial charge in [-0.2, -0.15) is 0 Å². The Morgan fingerprint density at radius 3 is 2.15 bits per heavy atom. The number of pyridine rings is 1. The standard InChI is InChI=1S/C31H23BrN2O6S/c1-19(35)21-9-14-25(15-10-21)41(39,40)33-24-12-7-20(8-13-24)18-34-29(31(37)38)28(22-5-3-2-4-6-22)27-17-23(32)11-16-26(27)30(34)36/h2-17,33H,18H2,1H3,(H,37,38). The first-order valence-corrected chi connectivity index (χ1v) is 14.7. The highest BCUT2D eigenvalue weighted by molar-refractivity contribution is 9.10. The Labute approximate surface area is 244 Å². The number of hydrogen-bond donors (Lipinski definition) is 2. The van der Waals surface area contributed by atoms with Crippen molar-refractivity contribution in [2.24, 2.45) is 0 Å². The number of benzene rings is 4. The van der Waals surface area contributed by atoms with Crippen LogP contribution in [0.3, 0.4) is 0 Å². The van der Waals surface area contributed by atoms with Crippen LogP contribution in [0.4, 0.5) is 5.69 Å². The fraction of sp³-hybridized carbons (Fsp3) is 0.0645. The van der Waals surface area contributed by atoms with Crippen molar-refractivity contribution in [3.8, 4) is 11.1 Å².